The fourth-order valence-corrected chi connectivity index (χ4v) is 2.44. The average Bonchev–Trinajstić information content (AvgIpc) is 2.61. The molecular formula is C18H16ClN3O5. The molecule has 0 aromatic heterocycles. The smallest absolute Gasteiger partial charge is 0.272 e. The van der Waals surface area contributed by atoms with Gasteiger partial charge in [0, 0.05) is 24.7 Å². The molecule has 2 aromatic carbocycles. The highest BCUT2D eigenvalue weighted by atomic mass is 35.5. The van der Waals surface area contributed by atoms with Crippen molar-refractivity contribution in [1.29, 1.82) is 0 Å². The number of carbonyl (C=O) groups excluding carboxylic acids is 2. The lowest BCUT2D eigenvalue weighted by Gasteiger charge is -2.11. The van der Waals surface area contributed by atoms with Crippen molar-refractivity contribution in [3.8, 4) is 5.75 Å². The van der Waals surface area contributed by atoms with Gasteiger partial charge in [-0.1, -0.05) is 23.7 Å². The maximum absolute atomic E-state index is 12.5. The van der Waals surface area contributed by atoms with E-state index in [9.17, 15) is 19.7 Å². The summed E-state index contributed by atoms with van der Waals surface area (Å²) in [6, 6.07) is 10.3. The minimum absolute atomic E-state index is 0.0741. The van der Waals surface area contributed by atoms with Gasteiger partial charge in [-0.25, -0.2) is 0 Å². The molecule has 0 heterocycles. The number of carbonyl (C=O) groups is 2. The Labute approximate surface area is 159 Å². The molecule has 0 aliphatic rings. The molecule has 2 amide bonds. The quantitative estimate of drug-likeness (QED) is 0.447. The van der Waals surface area contributed by atoms with Crippen LogP contribution in [0.5, 0.6) is 5.75 Å². The summed E-state index contributed by atoms with van der Waals surface area (Å²) >= 11 is 6.03. The number of non-ortho nitro benzene ring substituents is 1. The maximum Gasteiger partial charge on any atom is 0.272 e. The standard InChI is InChI=1S/C18H16ClN3O5/c1-11(23)20-16(9-12-4-3-5-14(8-12)22(25)26)18(24)21-13-6-7-17(27-2)15(19)10-13/h3-10H,1-2H3,(H,20,23)(H,21,24)/b16-9-. The van der Waals surface area contributed by atoms with Crippen molar-refractivity contribution in [1.82, 2.24) is 5.32 Å². The fourth-order valence-electron chi connectivity index (χ4n) is 2.19. The van der Waals surface area contributed by atoms with Crippen LogP contribution >= 0.6 is 11.6 Å². The Morgan fingerprint density at radius 2 is 1.96 bits per heavy atom. The number of amides is 2. The second-order valence-electron chi connectivity index (χ2n) is 5.39. The Hall–Kier alpha value is -3.39. The Balaban J connectivity index is 2.31. The number of nitro groups is 1. The Kier molecular flexibility index (Phi) is 6.51. The van der Waals surface area contributed by atoms with Crippen LogP contribution in [0.25, 0.3) is 6.08 Å². The van der Waals surface area contributed by atoms with Crippen molar-refractivity contribution < 1.29 is 19.2 Å². The van der Waals surface area contributed by atoms with Crippen LogP contribution in [0.1, 0.15) is 12.5 Å². The summed E-state index contributed by atoms with van der Waals surface area (Å²) < 4.78 is 5.05. The highest BCUT2D eigenvalue weighted by molar-refractivity contribution is 6.32. The van der Waals surface area contributed by atoms with Crippen molar-refractivity contribution in [2.45, 2.75) is 6.92 Å². The number of rotatable bonds is 6. The molecule has 2 rings (SSSR count). The van der Waals surface area contributed by atoms with Crippen LogP contribution < -0.4 is 15.4 Å². The van der Waals surface area contributed by atoms with Gasteiger partial charge in [0.05, 0.1) is 17.1 Å². The molecule has 0 fully saturated rings. The summed E-state index contributed by atoms with van der Waals surface area (Å²) in [4.78, 5) is 34.3. The lowest BCUT2D eigenvalue weighted by molar-refractivity contribution is -0.384. The van der Waals surface area contributed by atoms with E-state index in [1.165, 1.54) is 44.4 Å². The first-order valence-corrected chi connectivity index (χ1v) is 8.06. The van der Waals surface area contributed by atoms with E-state index in [0.29, 0.717) is 22.0 Å². The van der Waals surface area contributed by atoms with Crippen molar-refractivity contribution in [2.24, 2.45) is 0 Å². The summed E-state index contributed by atoms with van der Waals surface area (Å²) in [6.45, 7) is 1.25. The lowest BCUT2D eigenvalue weighted by atomic mass is 10.1. The minimum Gasteiger partial charge on any atom is -0.495 e. The third-order valence-corrected chi connectivity index (χ3v) is 3.65. The molecule has 0 atom stereocenters. The maximum atomic E-state index is 12.5. The van der Waals surface area contributed by atoms with E-state index < -0.39 is 16.7 Å². The fraction of sp³-hybridized carbons (Fsp3) is 0.111. The number of benzene rings is 2. The summed E-state index contributed by atoms with van der Waals surface area (Å²) in [5, 5.41) is 16.2. The molecule has 0 spiro atoms. The molecule has 0 bridgehead atoms. The normalized spacial score (nSPS) is 10.9. The molecule has 2 N–H and O–H groups in total. The zero-order valence-corrected chi connectivity index (χ0v) is 15.2. The van der Waals surface area contributed by atoms with Gasteiger partial charge in [-0.05, 0) is 29.8 Å². The summed E-state index contributed by atoms with van der Waals surface area (Å²) in [5.41, 5.74) is 0.570. The number of nitro benzene ring substituents is 1. The van der Waals surface area contributed by atoms with Crippen LogP contribution in [-0.2, 0) is 9.59 Å². The SMILES string of the molecule is COc1ccc(NC(=O)/C(=C/c2cccc([N+](=O)[O-])c2)NC(C)=O)cc1Cl. The van der Waals surface area contributed by atoms with E-state index in [0.717, 1.165) is 0 Å². The first kappa shape index (κ1) is 19.9. The van der Waals surface area contributed by atoms with Gasteiger partial charge >= 0.3 is 0 Å². The van der Waals surface area contributed by atoms with Crippen LogP contribution in [0.4, 0.5) is 11.4 Å². The van der Waals surface area contributed by atoms with Crippen LogP contribution in [0.15, 0.2) is 48.2 Å². The molecule has 0 aliphatic heterocycles. The molecule has 2 aromatic rings. The van der Waals surface area contributed by atoms with E-state index in [1.54, 1.807) is 18.2 Å². The molecule has 0 radical (unpaired) electrons. The van der Waals surface area contributed by atoms with Crippen molar-refractivity contribution in [3.63, 3.8) is 0 Å². The molecular weight excluding hydrogens is 374 g/mol. The number of nitrogens with one attached hydrogen (secondary N) is 2. The molecule has 0 saturated carbocycles. The summed E-state index contributed by atoms with van der Waals surface area (Å²) in [5.74, 6) is -0.628. The largest absolute Gasteiger partial charge is 0.495 e. The van der Waals surface area contributed by atoms with E-state index >= 15 is 0 Å². The van der Waals surface area contributed by atoms with E-state index in [-0.39, 0.29) is 11.4 Å². The molecule has 0 unspecified atom stereocenters. The average molecular weight is 390 g/mol. The second-order valence-corrected chi connectivity index (χ2v) is 5.80. The van der Waals surface area contributed by atoms with Gasteiger partial charge in [0.2, 0.25) is 5.91 Å². The number of ether oxygens (including phenoxy) is 1. The molecule has 140 valence electrons. The van der Waals surface area contributed by atoms with Crippen LogP contribution in [0.3, 0.4) is 0 Å². The third kappa shape index (κ3) is 5.55. The van der Waals surface area contributed by atoms with E-state index in [4.69, 9.17) is 16.3 Å². The van der Waals surface area contributed by atoms with E-state index in [1.807, 2.05) is 0 Å². The predicted octanol–water partition coefficient (Wildman–Crippen LogP) is 3.37. The van der Waals surface area contributed by atoms with Crippen molar-refractivity contribution in [2.75, 3.05) is 12.4 Å². The second kappa shape index (κ2) is 8.81. The van der Waals surface area contributed by atoms with Crippen LogP contribution in [-0.4, -0.2) is 23.8 Å². The monoisotopic (exact) mass is 389 g/mol. The van der Waals surface area contributed by atoms with Gasteiger partial charge in [-0.2, -0.15) is 0 Å². The molecule has 9 heteroatoms. The number of hydrogen-bond donors (Lipinski definition) is 2. The third-order valence-electron chi connectivity index (χ3n) is 3.36. The van der Waals surface area contributed by atoms with Gasteiger partial charge in [-0.3, -0.25) is 19.7 Å². The van der Waals surface area contributed by atoms with Gasteiger partial charge in [0.25, 0.3) is 11.6 Å². The van der Waals surface area contributed by atoms with Gasteiger partial charge in [0.15, 0.2) is 0 Å². The van der Waals surface area contributed by atoms with Gasteiger partial charge < -0.3 is 15.4 Å². The zero-order chi connectivity index (χ0) is 20.0. The van der Waals surface area contributed by atoms with Crippen LogP contribution in [0, 0.1) is 10.1 Å². The number of halogens is 1. The Bertz CT molecular complexity index is 927. The molecule has 27 heavy (non-hydrogen) atoms. The minimum atomic E-state index is -0.613. The van der Waals surface area contributed by atoms with Crippen LogP contribution in [0.2, 0.25) is 5.02 Å². The highest BCUT2D eigenvalue weighted by Gasteiger charge is 2.14. The highest BCUT2D eigenvalue weighted by Crippen LogP contribution is 2.27. The van der Waals surface area contributed by atoms with Crippen molar-refractivity contribution >= 4 is 40.9 Å². The lowest BCUT2D eigenvalue weighted by Crippen LogP contribution is -2.28. The number of anilines is 1. The van der Waals surface area contributed by atoms with Crippen molar-refractivity contribution in [3.05, 3.63) is 68.9 Å². The number of nitrogens with zero attached hydrogens (tertiary/aromatic N) is 1. The number of hydrogen-bond acceptors (Lipinski definition) is 5. The molecule has 0 aliphatic carbocycles. The zero-order valence-electron chi connectivity index (χ0n) is 14.5. The Morgan fingerprint density at radius 1 is 1.22 bits per heavy atom. The summed E-state index contributed by atoms with van der Waals surface area (Å²) in [6.07, 6.45) is 1.34. The first-order valence-electron chi connectivity index (χ1n) is 7.69. The number of methoxy groups -OCH3 is 1. The molecule has 8 nitrogen and oxygen atoms in total. The van der Waals surface area contributed by atoms with E-state index in [2.05, 4.69) is 10.6 Å². The summed E-state index contributed by atoms with van der Waals surface area (Å²) in [7, 11) is 1.47. The predicted molar refractivity (Wildman–Crippen MR) is 102 cm³/mol. The first-order chi connectivity index (χ1) is 12.8. The van der Waals surface area contributed by atoms with Gasteiger partial charge in [-0.15, -0.1) is 0 Å². The topological polar surface area (TPSA) is 111 Å². The Morgan fingerprint density at radius 3 is 2.56 bits per heavy atom. The van der Waals surface area contributed by atoms with Gasteiger partial charge in [0.1, 0.15) is 11.4 Å². The molecule has 0 saturated heterocycles.